The van der Waals surface area contributed by atoms with Crippen LogP contribution >= 0.6 is 0 Å². The van der Waals surface area contributed by atoms with Crippen LogP contribution in [0.2, 0.25) is 0 Å². The lowest BCUT2D eigenvalue weighted by atomic mass is 9.68. The third-order valence-electron chi connectivity index (χ3n) is 5.96. The number of nitrogens with two attached hydrogens (primary N) is 1. The molecule has 0 amide bonds. The molecule has 0 bridgehead atoms. The first-order chi connectivity index (χ1) is 8.65. The van der Waals surface area contributed by atoms with E-state index < -0.39 is 0 Å². The van der Waals surface area contributed by atoms with Crippen molar-refractivity contribution in [3.05, 3.63) is 0 Å². The van der Waals surface area contributed by atoms with Crippen LogP contribution in [0.5, 0.6) is 0 Å². The Morgan fingerprint density at radius 1 is 1.17 bits per heavy atom. The van der Waals surface area contributed by atoms with Crippen molar-refractivity contribution < 1.29 is 0 Å². The van der Waals surface area contributed by atoms with Gasteiger partial charge >= 0.3 is 0 Å². The lowest BCUT2D eigenvalue weighted by molar-refractivity contribution is -0.0529. The molecule has 2 heteroatoms. The second-order valence-electron chi connectivity index (χ2n) is 6.71. The Balaban J connectivity index is 2.23. The van der Waals surface area contributed by atoms with Crippen LogP contribution in [-0.4, -0.2) is 29.6 Å². The summed E-state index contributed by atoms with van der Waals surface area (Å²) in [6.45, 7) is 9.35. The Hall–Kier alpha value is -0.0800. The number of hydrogen-bond donors (Lipinski definition) is 1. The lowest BCUT2D eigenvalue weighted by Gasteiger charge is -2.56. The van der Waals surface area contributed by atoms with Crippen molar-refractivity contribution >= 4 is 0 Å². The minimum absolute atomic E-state index is 0.321. The van der Waals surface area contributed by atoms with E-state index in [2.05, 4.69) is 25.7 Å². The molecule has 2 aliphatic rings. The zero-order valence-corrected chi connectivity index (χ0v) is 12.6. The maximum atomic E-state index is 6.30. The van der Waals surface area contributed by atoms with Gasteiger partial charge in [-0.2, -0.15) is 0 Å². The van der Waals surface area contributed by atoms with Crippen molar-refractivity contribution in [1.82, 2.24) is 4.90 Å². The van der Waals surface area contributed by atoms with E-state index in [-0.39, 0.29) is 0 Å². The highest BCUT2D eigenvalue weighted by Crippen LogP contribution is 2.43. The average Bonchev–Trinajstić information content (AvgIpc) is 2.41. The van der Waals surface area contributed by atoms with Gasteiger partial charge in [0.2, 0.25) is 0 Å². The molecule has 0 aromatic heterocycles. The van der Waals surface area contributed by atoms with Crippen LogP contribution in [0.15, 0.2) is 0 Å². The summed E-state index contributed by atoms with van der Waals surface area (Å²) in [5.74, 6) is 1.66. The second-order valence-corrected chi connectivity index (χ2v) is 6.71. The summed E-state index contributed by atoms with van der Waals surface area (Å²) in [6, 6.07) is 0.717. The van der Waals surface area contributed by atoms with E-state index >= 15 is 0 Å². The van der Waals surface area contributed by atoms with Gasteiger partial charge in [-0.25, -0.2) is 0 Å². The quantitative estimate of drug-likeness (QED) is 0.834. The van der Waals surface area contributed by atoms with Crippen LogP contribution in [0, 0.1) is 11.8 Å². The molecule has 1 saturated heterocycles. The molecule has 0 aromatic carbocycles. The molecule has 1 saturated carbocycles. The molecule has 0 spiro atoms. The molecular formula is C16H32N2. The molecule has 1 aliphatic heterocycles. The Bertz CT molecular complexity index is 266. The second kappa shape index (κ2) is 5.92. The minimum Gasteiger partial charge on any atom is -0.329 e. The van der Waals surface area contributed by atoms with Crippen molar-refractivity contribution in [2.45, 2.75) is 77.3 Å². The third kappa shape index (κ3) is 2.34. The van der Waals surface area contributed by atoms with Crippen molar-refractivity contribution in [3.63, 3.8) is 0 Å². The summed E-state index contributed by atoms with van der Waals surface area (Å²) in [4.78, 5) is 2.81. The zero-order valence-electron chi connectivity index (χ0n) is 12.6. The number of nitrogens with zero attached hydrogens (tertiary/aromatic N) is 1. The van der Waals surface area contributed by atoms with Crippen molar-refractivity contribution in [3.8, 4) is 0 Å². The molecule has 0 radical (unpaired) electrons. The largest absolute Gasteiger partial charge is 0.329 e. The number of rotatable bonds is 3. The standard InChI is InChI=1S/C16H32N2/c1-4-15-9-5-6-10-16(15,12-17)18-11-7-8-13(2)14(18)3/h13-15H,4-12,17H2,1-3H3. The van der Waals surface area contributed by atoms with E-state index in [1.807, 2.05) is 0 Å². The van der Waals surface area contributed by atoms with Gasteiger partial charge in [0.25, 0.3) is 0 Å². The molecule has 2 rings (SSSR count). The fraction of sp³-hybridized carbons (Fsp3) is 1.00. The molecule has 18 heavy (non-hydrogen) atoms. The molecule has 0 aromatic rings. The summed E-state index contributed by atoms with van der Waals surface area (Å²) >= 11 is 0. The van der Waals surface area contributed by atoms with Crippen LogP contribution in [-0.2, 0) is 0 Å². The van der Waals surface area contributed by atoms with Gasteiger partial charge in [0, 0.05) is 18.1 Å². The van der Waals surface area contributed by atoms with Crippen LogP contribution in [0.4, 0.5) is 0 Å². The predicted molar refractivity (Wildman–Crippen MR) is 78.6 cm³/mol. The van der Waals surface area contributed by atoms with E-state index in [1.165, 1.54) is 51.5 Å². The summed E-state index contributed by atoms with van der Waals surface area (Å²) in [7, 11) is 0. The molecule has 4 atom stereocenters. The smallest absolute Gasteiger partial charge is 0.0362 e. The van der Waals surface area contributed by atoms with Gasteiger partial charge in [0.15, 0.2) is 0 Å². The van der Waals surface area contributed by atoms with Crippen molar-refractivity contribution in [1.29, 1.82) is 0 Å². The van der Waals surface area contributed by atoms with E-state index in [1.54, 1.807) is 0 Å². The summed E-state index contributed by atoms with van der Waals surface area (Å²) in [5, 5.41) is 0. The topological polar surface area (TPSA) is 29.3 Å². The highest BCUT2D eigenvalue weighted by atomic mass is 15.2. The van der Waals surface area contributed by atoms with Gasteiger partial charge in [-0.1, -0.05) is 33.1 Å². The third-order valence-corrected chi connectivity index (χ3v) is 5.96. The Morgan fingerprint density at radius 3 is 2.61 bits per heavy atom. The fourth-order valence-electron chi connectivity index (χ4n) is 4.61. The van der Waals surface area contributed by atoms with Gasteiger partial charge in [-0.15, -0.1) is 0 Å². The van der Waals surface area contributed by atoms with Gasteiger partial charge in [0.05, 0.1) is 0 Å². The van der Waals surface area contributed by atoms with Crippen LogP contribution in [0.1, 0.15) is 65.7 Å². The summed E-state index contributed by atoms with van der Waals surface area (Å²) in [6.07, 6.45) is 9.58. The Kier molecular flexibility index (Phi) is 4.71. The molecule has 4 unspecified atom stereocenters. The first kappa shape index (κ1) is 14.3. The lowest BCUT2D eigenvalue weighted by Crippen LogP contribution is -2.64. The first-order valence-electron chi connectivity index (χ1n) is 8.12. The van der Waals surface area contributed by atoms with Gasteiger partial charge in [-0.05, 0) is 51.0 Å². The number of piperidine rings is 1. The van der Waals surface area contributed by atoms with Crippen molar-refractivity contribution in [2.24, 2.45) is 17.6 Å². The van der Waals surface area contributed by atoms with Gasteiger partial charge < -0.3 is 5.73 Å². The predicted octanol–water partition coefficient (Wildman–Crippen LogP) is 3.40. The number of likely N-dealkylation sites (tertiary alicyclic amines) is 1. The van der Waals surface area contributed by atoms with Crippen LogP contribution < -0.4 is 5.73 Å². The monoisotopic (exact) mass is 252 g/mol. The highest BCUT2D eigenvalue weighted by molar-refractivity contribution is 5.02. The SMILES string of the molecule is CCC1CCCCC1(CN)N1CCCC(C)C1C. The van der Waals surface area contributed by atoms with E-state index in [4.69, 9.17) is 5.73 Å². The summed E-state index contributed by atoms with van der Waals surface area (Å²) in [5.41, 5.74) is 6.62. The van der Waals surface area contributed by atoms with Gasteiger partial charge in [-0.3, -0.25) is 4.90 Å². The number of hydrogen-bond acceptors (Lipinski definition) is 2. The Morgan fingerprint density at radius 2 is 1.94 bits per heavy atom. The minimum atomic E-state index is 0.321. The van der Waals surface area contributed by atoms with Gasteiger partial charge in [0.1, 0.15) is 0 Å². The zero-order chi connectivity index (χ0) is 13.2. The first-order valence-corrected chi connectivity index (χ1v) is 8.12. The molecule has 2 fully saturated rings. The molecule has 1 heterocycles. The normalized spacial score (nSPS) is 43.0. The maximum Gasteiger partial charge on any atom is 0.0362 e. The average molecular weight is 252 g/mol. The van der Waals surface area contributed by atoms with Crippen LogP contribution in [0.3, 0.4) is 0 Å². The van der Waals surface area contributed by atoms with Crippen molar-refractivity contribution in [2.75, 3.05) is 13.1 Å². The summed E-state index contributed by atoms with van der Waals surface area (Å²) < 4.78 is 0. The molecule has 106 valence electrons. The fourth-order valence-corrected chi connectivity index (χ4v) is 4.61. The molecule has 1 aliphatic carbocycles. The van der Waals surface area contributed by atoms with E-state index in [9.17, 15) is 0 Å². The molecule has 2 nitrogen and oxygen atoms in total. The van der Waals surface area contributed by atoms with E-state index in [0.717, 1.165) is 24.4 Å². The molecular weight excluding hydrogens is 220 g/mol. The van der Waals surface area contributed by atoms with E-state index in [0.29, 0.717) is 5.54 Å². The molecule has 2 N–H and O–H groups in total. The van der Waals surface area contributed by atoms with Crippen LogP contribution in [0.25, 0.3) is 0 Å². The Labute approximate surface area is 113 Å². The highest BCUT2D eigenvalue weighted by Gasteiger charge is 2.46. The maximum absolute atomic E-state index is 6.30.